The van der Waals surface area contributed by atoms with E-state index >= 15 is 0 Å². The molecule has 208 valence electrons. The lowest BCUT2D eigenvalue weighted by molar-refractivity contribution is -0.128. The van der Waals surface area contributed by atoms with E-state index in [1.54, 1.807) is 6.08 Å². The van der Waals surface area contributed by atoms with E-state index in [0.29, 0.717) is 12.8 Å². The van der Waals surface area contributed by atoms with Gasteiger partial charge in [0.25, 0.3) is 5.91 Å². The van der Waals surface area contributed by atoms with Crippen molar-refractivity contribution < 1.29 is 15.0 Å². The summed E-state index contributed by atoms with van der Waals surface area (Å²) in [7, 11) is 0. The first kappa shape index (κ1) is 34.1. The Morgan fingerprint density at radius 1 is 0.657 bits per heavy atom. The molecule has 0 rings (SSSR count). The van der Waals surface area contributed by atoms with Crippen LogP contribution in [0.5, 0.6) is 0 Å². The van der Waals surface area contributed by atoms with E-state index in [4.69, 9.17) is 0 Å². The SMILES string of the molecule is CCCCCCCCCCCCCC/C=C/[C@@H](O)C(=O)N[C@@H](CC)[C@H](O)CCCCCCCCC. The molecule has 0 saturated carbocycles. The number of carbonyl (C=O) groups is 1. The Bertz CT molecular complexity index is 480. The van der Waals surface area contributed by atoms with Gasteiger partial charge in [0.2, 0.25) is 0 Å². The van der Waals surface area contributed by atoms with Gasteiger partial charge in [-0.3, -0.25) is 4.79 Å². The zero-order valence-electron chi connectivity index (χ0n) is 23.7. The zero-order valence-corrected chi connectivity index (χ0v) is 23.7. The van der Waals surface area contributed by atoms with Crippen molar-refractivity contribution in [2.45, 2.75) is 180 Å². The highest BCUT2D eigenvalue weighted by Crippen LogP contribution is 2.14. The van der Waals surface area contributed by atoms with Crippen molar-refractivity contribution in [3.8, 4) is 0 Å². The number of hydrogen-bond acceptors (Lipinski definition) is 3. The van der Waals surface area contributed by atoms with E-state index in [0.717, 1.165) is 25.7 Å². The summed E-state index contributed by atoms with van der Waals surface area (Å²) in [5.41, 5.74) is 0. The molecule has 0 aromatic heterocycles. The van der Waals surface area contributed by atoms with Gasteiger partial charge < -0.3 is 15.5 Å². The molecule has 0 aliphatic heterocycles. The standard InChI is InChI=1S/C31H61NO3/c1-4-7-9-11-13-14-15-16-17-18-19-21-23-25-27-30(34)31(35)32-28(6-3)29(33)26-24-22-20-12-10-8-5-2/h25,27-30,33-34H,4-24,26H2,1-3H3,(H,32,35)/b27-25+/t28-,29+,30+/m0/s1. The lowest BCUT2D eigenvalue weighted by Crippen LogP contribution is -2.46. The molecule has 0 saturated heterocycles. The molecule has 1 amide bonds. The molecule has 4 nitrogen and oxygen atoms in total. The number of aliphatic hydroxyl groups is 2. The Labute approximate surface area is 218 Å². The van der Waals surface area contributed by atoms with E-state index in [1.807, 2.05) is 13.0 Å². The highest BCUT2D eigenvalue weighted by atomic mass is 16.3. The molecular weight excluding hydrogens is 434 g/mol. The minimum absolute atomic E-state index is 0.290. The molecule has 0 aromatic rings. The summed E-state index contributed by atoms with van der Waals surface area (Å²) in [4.78, 5) is 12.3. The Morgan fingerprint density at radius 3 is 1.54 bits per heavy atom. The Morgan fingerprint density at radius 2 is 1.09 bits per heavy atom. The molecule has 0 heterocycles. The van der Waals surface area contributed by atoms with Crippen molar-refractivity contribution >= 4 is 5.91 Å². The van der Waals surface area contributed by atoms with Gasteiger partial charge in [0.15, 0.2) is 6.10 Å². The van der Waals surface area contributed by atoms with Crippen LogP contribution >= 0.6 is 0 Å². The first-order valence-corrected chi connectivity index (χ1v) is 15.4. The molecule has 0 aliphatic rings. The highest BCUT2D eigenvalue weighted by molar-refractivity contribution is 5.82. The van der Waals surface area contributed by atoms with Crippen LogP contribution in [0, 0.1) is 0 Å². The number of carbonyl (C=O) groups excluding carboxylic acids is 1. The van der Waals surface area contributed by atoms with Gasteiger partial charge in [-0.05, 0) is 25.7 Å². The van der Waals surface area contributed by atoms with Crippen molar-refractivity contribution in [1.29, 1.82) is 0 Å². The van der Waals surface area contributed by atoms with Crippen LogP contribution in [0.2, 0.25) is 0 Å². The molecule has 3 atom stereocenters. The fourth-order valence-electron chi connectivity index (χ4n) is 4.67. The van der Waals surface area contributed by atoms with Crippen molar-refractivity contribution in [3.63, 3.8) is 0 Å². The topological polar surface area (TPSA) is 69.6 Å². The van der Waals surface area contributed by atoms with Crippen LogP contribution < -0.4 is 5.32 Å². The molecule has 0 unspecified atom stereocenters. The van der Waals surface area contributed by atoms with Crippen molar-refractivity contribution in [2.24, 2.45) is 0 Å². The predicted octanol–water partition coefficient (Wildman–Crippen LogP) is 8.39. The Kier molecular flexibility index (Phi) is 25.5. The number of unbranched alkanes of at least 4 members (excludes halogenated alkanes) is 18. The fraction of sp³-hybridized carbons (Fsp3) is 0.903. The van der Waals surface area contributed by atoms with Crippen molar-refractivity contribution in [2.75, 3.05) is 0 Å². The molecule has 0 radical (unpaired) electrons. The Balaban J connectivity index is 3.80. The van der Waals surface area contributed by atoms with E-state index in [9.17, 15) is 15.0 Å². The van der Waals surface area contributed by atoms with Gasteiger partial charge in [-0.25, -0.2) is 0 Å². The van der Waals surface area contributed by atoms with Crippen LogP contribution in [-0.2, 0) is 4.79 Å². The average Bonchev–Trinajstić information content (AvgIpc) is 2.86. The van der Waals surface area contributed by atoms with Gasteiger partial charge in [-0.1, -0.05) is 148 Å². The summed E-state index contributed by atoms with van der Waals surface area (Å²) in [6, 6.07) is -0.290. The number of hydrogen-bond donors (Lipinski definition) is 3. The molecule has 0 spiro atoms. The van der Waals surface area contributed by atoms with Gasteiger partial charge in [-0.15, -0.1) is 0 Å². The zero-order chi connectivity index (χ0) is 26.0. The van der Waals surface area contributed by atoms with Gasteiger partial charge in [0.1, 0.15) is 0 Å². The fourth-order valence-corrected chi connectivity index (χ4v) is 4.67. The molecule has 0 aromatic carbocycles. The minimum Gasteiger partial charge on any atom is -0.391 e. The van der Waals surface area contributed by atoms with Crippen LogP contribution in [0.4, 0.5) is 0 Å². The van der Waals surface area contributed by atoms with Gasteiger partial charge >= 0.3 is 0 Å². The molecule has 3 N–H and O–H groups in total. The van der Waals surface area contributed by atoms with Crippen molar-refractivity contribution in [1.82, 2.24) is 5.32 Å². The predicted molar refractivity (Wildman–Crippen MR) is 152 cm³/mol. The molecule has 0 bridgehead atoms. The monoisotopic (exact) mass is 495 g/mol. The van der Waals surface area contributed by atoms with Gasteiger partial charge in [0, 0.05) is 0 Å². The summed E-state index contributed by atoms with van der Waals surface area (Å²) in [5.74, 6) is -0.401. The van der Waals surface area contributed by atoms with Gasteiger partial charge in [-0.2, -0.15) is 0 Å². The summed E-state index contributed by atoms with van der Waals surface area (Å²) < 4.78 is 0. The first-order chi connectivity index (χ1) is 17.1. The van der Waals surface area contributed by atoms with Crippen LogP contribution in [0.1, 0.15) is 162 Å². The lowest BCUT2D eigenvalue weighted by Gasteiger charge is -2.23. The van der Waals surface area contributed by atoms with Crippen molar-refractivity contribution in [3.05, 3.63) is 12.2 Å². The number of aliphatic hydroxyl groups excluding tert-OH is 2. The maximum Gasteiger partial charge on any atom is 0.253 e. The van der Waals surface area contributed by atoms with Crippen LogP contribution in [0.3, 0.4) is 0 Å². The van der Waals surface area contributed by atoms with E-state index < -0.39 is 18.1 Å². The van der Waals surface area contributed by atoms with Crippen LogP contribution in [-0.4, -0.2) is 34.4 Å². The number of rotatable bonds is 26. The quantitative estimate of drug-likeness (QED) is 0.0833. The average molecular weight is 496 g/mol. The maximum absolute atomic E-state index is 12.3. The third kappa shape index (κ3) is 22.1. The van der Waals surface area contributed by atoms with E-state index in [-0.39, 0.29) is 6.04 Å². The summed E-state index contributed by atoms with van der Waals surface area (Å²) in [6.45, 7) is 6.46. The maximum atomic E-state index is 12.3. The summed E-state index contributed by atoms with van der Waals surface area (Å²) >= 11 is 0. The summed E-state index contributed by atoms with van der Waals surface area (Å²) in [5, 5.41) is 23.5. The number of nitrogens with one attached hydrogen (secondary N) is 1. The third-order valence-electron chi connectivity index (χ3n) is 7.15. The number of allylic oxidation sites excluding steroid dienone is 1. The minimum atomic E-state index is -1.13. The highest BCUT2D eigenvalue weighted by Gasteiger charge is 2.21. The second-order valence-corrected chi connectivity index (χ2v) is 10.6. The largest absolute Gasteiger partial charge is 0.391 e. The smallest absolute Gasteiger partial charge is 0.253 e. The molecule has 35 heavy (non-hydrogen) atoms. The van der Waals surface area contributed by atoms with Gasteiger partial charge in [0.05, 0.1) is 12.1 Å². The molecule has 4 heteroatoms. The van der Waals surface area contributed by atoms with Crippen LogP contribution in [0.15, 0.2) is 12.2 Å². The first-order valence-electron chi connectivity index (χ1n) is 15.4. The Hall–Kier alpha value is -0.870. The van der Waals surface area contributed by atoms with E-state index in [2.05, 4.69) is 19.2 Å². The lowest BCUT2D eigenvalue weighted by atomic mass is 10.0. The number of amides is 1. The molecule has 0 fully saturated rings. The van der Waals surface area contributed by atoms with E-state index in [1.165, 1.54) is 103 Å². The molecular formula is C31H61NO3. The summed E-state index contributed by atoms with van der Waals surface area (Å²) in [6.07, 6.45) is 28.6. The second kappa shape index (κ2) is 26.2. The third-order valence-corrected chi connectivity index (χ3v) is 7.15. The molecule has 0 aliphatic carbocycles. The van der Waals surface area contributed by atoms with Crippen LogP contribution in [0.25, 0.3) is 0 Å². The second-order valence-electron chi connectivity index (χ2n) is 10.6. The normalized spacial score (nSPS) is 14.3.